The highest BCUT2D eigenvalue weighted by atomic mass is 16.5. The van der Waals surface area contributed by atoms with E-state index in [9.17, 15) is 9.59 Å². The van der Waals surface area contributed by atoms with Crippen molar-refractivity contribution < 1.29 is 14.2 Å². The number of benzene rings is 2. The lowest BCUT2D eigenvalue weighted by molar-refractivity contribution is -0.00717. The molecule has 1 aliphatic rings. The van der Waals surface area contributed by atoms with E-state index in [0.717, 1.165) is 22.5 Å². The van der Waals surface area contributed by atoms with Crippen LogP contribution in [0.25, 0.3) is 22.2 Å². The Morgan fingerprint density at radius 2 is 1.70 bits per heavy atom. The maximum Gasteiger partial charge on any atom is 0.331 e. The highest BCUT2D eigenvalue weighted by Crippen LogP contribution is 2.46. The summed E-state index contributed by atoms with van der Waals surface area (Å²) in [6.45, 7) is 8.50. The van der Waals surface area contributed by atoms with Crippen LogP contribution in [0.4, 0.5) is 0 Å². The summed E-state index contributed by atoms with van der Waals surface area (Å²) in [4.78, 5) is 26.8. The summed E-state index contributed by atoms with van der Waals surface area (Å²) < 4.78 is 23.0. The number of rotatable bonds is 5. The number of ether oxygens (including phenoxy) is 3. The van der Waals surface area contributed by atoms with Crippen molar-refractivity contribution in [3.8, 4) is 22.8 Å². The molecule has 0 spiro atoms. The fourth-order valence-corrected chi connectivity index (χ4v) is 5.32. The van der Waals surface area contributed by atoms with Crippen molar-refractivity contribution in [2.45, 2.75) is 45.4 Å². The molecule has 8 nitrogen and oxygen atoms in total. The normalized spacial score (nSPS) is 16.7. The van der Waals surface area contributed by atoms with Crippen molar-refractivity contribution in [3.05, 3.63) is 80.6 Å². The Kier molecular flexibility index (Phi) is 6.02. The second-order valence-corrected chi connectivity index (χ2v) is 10.4. The summed E-state index contributed by atoms with van der Waals surface area (Å²) in [6, 6.07) is 15.6. The van der Waals surface area contributed by atoms with Gasteiger partial charge >= 0.3 is 5.69 Å². The molecule has 37 heavy (non-hydrogen) atoms. The quantitative estimate of drug-likeness (QED) is 0.405. The number of hydrogen-bond donors (Lipinski definition) is 0. The predicted molar refractivity (Wildman–Crippen MR) is 144 cm³/mol. The van der Waals surface area contributed by atoms with Crippen molar-refractivity contribution in [3.63, 3.8) is 0 Å². The first-order chi connectivity index (χ1) is 17.6. The average Bonchev–Trinajstić information content (AvgIpc) is 3.24. The lowest BCUT2D eigenvalue weighted by Crippen LogP contribution is -2.40. The van der Waals surface area contributed by atoms with Gasteiger partial charge in [0.05, 0.1) is 47.7 Å². The highest BCUT2D eigenvalue weighted by Gasteiger charge is 2.40. The third-order valence-corrected chi connectivity index (χ3v) is 6.97. The average molecular weight is 504 g/mol. The lowest BCUT2D eigenvalue weighted by atomic mass is 9.97. The molecule has 3 heterocycles. The fourth-order valence-electron chi connectivity index (χ4n) is 5.32. The Hall–Kier alpha value is -3.78. The molecule has 2 aromatic heterocycles. The molecule has 0 saturated carbocycles. The Morgan fingerprint density at radius 3 is 2.35 bits per heavy atom. The van der Waals surface area contributed by atoms with Gasteiger partial charge in [0.2, 0.25) is 0 Å². The zero-order chi connectivity index (χ0) is 26.6. The number of aryl methyl sites for hydroxylation is 1. The molecule has 0 aliphatic carbocycles. The van der Waals surface area contributed by atoms with Gasteiger partial charge in [0.1, 0.15) is 6.10 Å². The summed E-state index contributed by atoms with van der Waals surface area (Å²) in [5.41, 5.74) is 2.68. The van der Waals surface area contributed by atoms with Crippen LogP contribution in [0.15, 0.2) is 58.1 Å². The van der Waals surface area contributed by atoms with Crippen LogP contribution in [0.3, 0.4) is 0 Å². The first kappa shape index (κ1) is 24.9. The maximum atomic E-state index is 13.7. The van der Waals surface area contributed by atoms with Crippen LogP contribution in [0.1, 0.15) is 45.1 Å². The Morgan fingerprint density at radius 1 is 1.00 bits per heavy atom. The van der Waals surface area contributed by atoms with Crippen LogP contribution in [0.2, 0.25) is 0 Å². The minimum atomic E-state index is -0.535. The number of nitrogens with zero attached hydrogens (tertiary/aromatic N) is 3. The minimum absolute atomic E-state index is 0.00757. The smallest absolute Gasteiger partial charge is 0.331 e. The summed E-state index contributed by atoms with van der Waals surface area (Å²) in [5, 5.41) is 0.501. The number of methoxy groups -OCH3 is 1. The van der Waals surface area contributed by atoms with Crippen LogP contribution in [-0.4, -0.2) is 33.5 Å². The molecule has 0 bridgehead atoms. The van der Waals surface area contributed by atoms with Gasteiger partial charge in [0.25, 0.3) is 5.56 Å². The summed E-state index contributed by atoms with van der Waals surface area (Å²) in [7, 11) is 4.83. The number of aromatic nitrogens is 3. The molecule has 0 saturated heterocycles. The minimum Gasteiger partial charge on any atom is -0.493 e. The second-order valence-electron chi connectivity index (χ2n) is 10.4. The van der Waals surface area contributed by atoms with Crippen molar-refractivity contribution >= 4 is 10.9 Å². The van der Waals surface area contributed by atoms with Crippen LogP contribution in [-0.2, 0) is 24.4 Å². The van der Waals surface area contributed by atoms with Gasteiger partial charge in [-0.25, -0.2) is 4.79 Å². The van der Waals surface area contributed by atoms with Crippen LogP contribution < -0.4 is 20.7 Å². The molecule has 0 radical (unpaired) electrons. The van der Waals surface area contributed by atoms with E-state index in [4.69, 9.17) is 14.2 Å². The maximum absolute atomic E-state index is 13.7. The van der Waals surface area contributed by atoms with Crippen molar-refractivity contribution in [1.82, 2.24) is 13.7 Å². The van der Waals surface area contributed by atoms with E-state index in [1.807, 2.05) is 62.4 Å². The first-order valence-electron chi connectivity index (χ1n) is 12.4. The lowest BCUT2D eigenvalue weighted by Gasteiger charge is -2.39. The van der Waals surface area contributed by atoms with Gasteiger partial charge in [-0.15, -0.1) is 0 Å². The van der Waals surface area contributed by atoms with E-state index in [-0.39, 0.29) is 17.4 Å². The Bertz CT molecular complexity index is 1610. The molecule has 194 valence electrons. The molecule has 5 rings (SSSR count). The molecule has 0 amide bonds. The van der Waals surface area contributed by atoms with Crippen molar-refractivity contribution in [2.24, 2.45) is 14.1 Å². The van der Waals surface area contributed by atoms with Crippen LogP contribution in [0, 0.1) is 0 Å². The summed E-state index contributed by atoms with van der Waals surface area (Å²) >= 11 is 0. The molecule has 1 atom stereocenters. The Labute approximate surface area is 215 Å². The molecule has 4 aromatic rings. The highest BCUT2D eigenvalue weighted by molar-refractivity contribution is 5.96. The first-order valence-corrected chi connectivity index (χ1v) is 12.4. The van der Waals surface area contributed by atoms with E-state index in [0.29, 0.717) is 29.0 Å². The molecular formula is C29H33N3O5. The van der Waals surface area contributed by atoms with E-state index in [2.05, 4.69) is 18.4 Å². The third kappa shape index (κ3) is 3.87. The molecule has 0 unspecified atom stereocenters. The van der Waals surface area contributed by atoms with Gasteiger partial charge in [-0.05, 0) is 51.0 Å². The Balaban J connectivity index is 1.89. The van der Waals surface area contributed by atoms with E-state index < -0.39 is 11.6 Å². The van der Waals surface area contributed by atoms with Gasteiger partial charge in [-0.1, -0.05) is 36.4 Å². The second kappa shape index (κ2) is 8.95. The van der Waals surface area contributed by atoms with Gasteiger partial charge in [0, 0.05) is 14.1 Å². The summed E-state index contributed by atoms with van der Waals surface area (Å²) in [5.74, 6) is 1.24. The molecule has 0 N–H and O–H groups in total. The largest absolute Gasteiger partial charge is 0.493 e. The molecule has 1 aliphatic heterocycles. The predicted octanol–water partition coefficient (Wildman–Crippen LogP) is 4.36. The molecule has 0 fully saturated rings. The van der Waals surface area contributed by atoms with Gasteiger partial charge in [0.15, 0.2) is 11.5 Å². The van der Waals surface area contributed by atoms with Crippen molar-refractivity contribution in [2.75, 3.05) is 13.7 Å². The number of hydrogen-bond acceptors (Lipinski definition) is 5. The third-order valence-electron chi connectivity index (χ3n) is 6.97. The van der Waals surface area contributed by atoms with Crippen LogP contribution >= 0.6 is 0 Å². The van der Waals surface area contributed by atoms with Crippen molar-refractivity contribution in [1.29, 1.82) is 0 Å². The zero-order valence-corrected chi connectivity index (χ0v) is 22.4. The van der Waals surface area contributed by atoms with E-state index in [1.54, 1.807) is 18.7 Å². The SMILES string of the molecule is COc1cc([C@@H]2OCC(C)(C)n3c(-c4ccccc4)c4c(=O)n(C)c(=O)n(C)c4c32)ccc1OC(C)C. The van der Waals surface area contributed by atoms with Gasteiger partial charge < -0.3 is 18.8 Å². The van der Waals surface area contributed by atoms with Crippen LogP contribution in [0.5, 0.6) is 11.5 Å². The monoisotopic (exact) mass is 503 g/mol. The van der Waals surface area contributed by atoms with Gasteiger partial charge in [-0.3, -0.25) is 13.9 Å². The van der Waals surface area contributed by atoms with E-state index >= 15 is 0 Å². The molecule has 8 heteroatoms. The van der Waals surface area contributed by atoms with E-state index in [1.165, 1.54) is 11.6 Å². The topological polar surface area (TPSA) is 76.6 Å². The zero-order valence-electron chi connectivity index (χ0n) is 22.4. The standard InChI is InChI=1S/C29H33N3O5/c1-17(2)37-20-14-13-19(15-21(20)35-7)26-25-24-22(27(33)31(6)28(34)30(24)5)23(18-11-9-8-10-12-18)32(25)29(3,4)16-36-26/h8-15,17,26H,16H2,1-7H3/t26-/m0/s1. The molecular weight excluding hydrogens is 470 g/mol. The van der Waals surface area contributed by atoms with Gasteiger partial charge in [-0.2, -0.15) is 0 Å². The fraction of sp³-hybridized carbons (Fsp3) is 0.379. The number of fused-ring (bicyclic) bond motifs is 3. The summed E-state index contributed by atoms with van der Waals surface area (Å²) in [6.07, 6.45) is -0.542. The molecule has 2 aromatic carbocycles.